The van der Waals surface area contributed by atoms with Gasteiger partial charge in [0, 0.05) is 13.1 Å². The van der Waals surface area contributed by atoms with Crippen LogP contribution in [0.4, 0.5) is 6.01 Å². The highest BCUT2D eigenvalue weighted by atomic mass is 79.9. The normalized spacial score (nSPS) is 15.2. The summed E-state index contributed by atoms with van der Waals surface area (Å²) in [7, 11) is 1.64. The summed E-state index contributed by atoms with van der Waals surface area (Å²) in [4.78, 5) is 6.59. The number of rotatable bonds is 2. The van der Waals surface area contributed by atoms with Crippen LogP contribution in [-0.2, 0) is 0 Å². The molecule has 0 N–H and O–H groups in total. The Morgan fingerprint density at radius 2 is 2.25 bits per heavy atom. The number of nitrogens with zero attached hydrogens (tertiary/aromatic N) is 2. The van der Waals surface area contributed by atoms with Gasteiger partial charge in [0.15, 0.2) is 11.1 Å². The molecule has 1 aliphatic rings. The van der Waals surface area contributed by atoms with Gasteiger partial charge >= 0.3 is 0 Å². The van der Waals surface area contributed by atoms with E-state index in [1.54, 1.807) is 7.11 Å². The first kappa shape index (κ1) is 9.96. The molecule has 16 heavy (non-hydrogen) atoms. The molecule has 0 bridgehead atoms. The molecule has 5 heteroatoms. The first-order valence-corrected chi connectivity index (χ1v) is 5.97. The number of anilines is 1. The highest BCUT2D eigenvalue weighted by Crippen LogP contribution is 2.35. The summed E-state index contributed by atoms with van der Waals surface area (Å²) in [6, 6.07) is 4.48. The van der Waals surface area contributed by atoms with Crippen molar-refractivity contribution in [2.45, 2.75) is 6.42 Å². The lowest BCUT2D eigenvalue weighted by atomic mass is 10.2. The Balaban J connectivity index is 2.17. The summed E-state index contributed by atoms with van der Waals surface area (Å²) >= 11 is 3.45. The van der Waals surface area contributed by atoms with Gasteiger partial charge < -0.3 is 14.1 Å². The van der Waals surface area contributed by atoms with Crippen molar-refractivity contribution >= 4 is 33.0 Å². The number of hydrogen-bond acceptors (Lipinski definition) is 4. The predicted molar refractivity (Wildman–Crippen MR) is 65.1 cm³/mol. The summed E-state index contributed by atoms with van der Waals surface area (Å²) in [5.41, 5.74) is 1.53. The third-order valence-corrected chi connectivity index (χ3v) is 3.42. The third-order valence-electron chi connectivity index (χ3n) is 2.79. The molecule has 2 aromatic rings. The molecule has 2 heterocycles. The molecule has 1 aromatic heterocycles. The van der Waals surface area contributed by atoms with Crippen LogP contribution >= 0.6 is 15.9 Å². The highest BCUT2D eigenvalue weighted by molar-refractivity contribution is 9.10. The van der Waals surface area contributed by atoms with Gasteiger partial charge in [-0.25, -0.2) is 0 Å². The Bertz CT molecular complexity index is 534. The van der Waals surface area contributed by atoms with Crippen molar-refractivity contribution in [3.63, 3.8) is 0 Å². The number of hydrogen-bond donors (Lipinski definition) is 0. The Labute approximate surface area is 101 Å². The average molecular weight is 283 g/mol. The smallest absolute Gasteiger partial charge is 0.298 e. The van der Waals surface area contributed by atoms with Crippen LogP contribution in [0.5, 0.6) is 5.75 Å². The van der Waals surface area contributed by atoms with E-state index >= 15 is 0 Å². The minimum atomic E-state index is 0.687. The van der Waals surface area contributed by atoms with Crippen LogP contribution in [0.3, 0.4) is 0 Å². The molecule has 4 nitrogen and oxygen atoms in total. The van der Waals surface area contributed by atoms with E-state index in [4.69, 9.17) is 9.15 Å². The molecular formula is C11H11BrN2O2. The molecule has 0 aliphatic carbocycles. The van der Waals surface area contributed by atoms with Gasteiger partial charge in [-0.05, 0) is 34.5 Å². The van der Waals surface area contributed by atoms with Gasteiger partial charge in [-0.2, -0.15) is 4.98 Å². The van der Waals surface area contributed by atoms with Crippen LogP contribution < -0.4 is 9.64 Å². The van der Waals surface area contributed by atoms with E-state index in [2.05, 4.69) is 25.8 Å². The SMILES string of the molecule is COc1ccc(Br)c2oc(N3CCC3)nc12. The number of oxazole rings is 1. The van der Waals surface area contributed by atoms with Crippen molar-refractivity contribution in [1.82, 2.24) is 4.98 Å². The van der Waals surface area contributed by atoms with E-state index in [0.29, 0.717) is 6.01 Å². The molecular weight excluding hydrogens is 272 g/mol. The van der Waals surface area contributed by atoms with Crippen molar-refractivity contribution in [1.29, 1.82) is 0 Å². The van der Waals surface area contributed by atoms with E-state index in [1.165, 1.54) is 6.42 Å². The number of benzene rings is 1. The number of fused-ring (bicyclic) bond motifs is 1. The topological polar surface area (TPSA) is 38.5 Å². The van der Waals surface area contributed by atoms with E-state index in [9.17, 15) is 0 Å². The molecule has 0 amide bonds. The van der Waals surface area contributed by atoms with Gasteiger partial charge in [0.25, 0.3) is 6.01 Å². The fourth-order valence-electron chi connectivity index (χ4n) is 1.75. The molecule has 0 spiro atoms. The maximum atomic E-state index is 5.73. The molecule has 0 saturated carbocycles. The highest BCUT2D eigenvalue weighted by Gasteiger charge is 2.22. The molecule has 0 atom stereocenters. The maximum absolute atomic E-state index is 5.73. The largest absolute Gasteiger partial charge is 0.494 e. The number of ether oxygens (including phenoxy) is 1. The van der Waals surface area contributed by atoms with Gasteiger partial charge in [0.05, 0.1) is 11.6 Å². The van der Waals surface area contributed by atoms with Crippen molar-refractivity contribution in [2.24, 2.45) is 0 Å². The van der Waals surface area contributed by atoms with Crippen LogP contribution in [-0.4, -0.2) is 25.2 Å². The first-order chi connectivity index (χ1) is 7.79. The summed E-state index contributed by atoms with van der Waals surface area (Å²) < 4.78 is 11.9. The Morgan fingerprint density at radius 1 is 1.44 bits per heavy atom. The second-order valence-corrected chi connectivity index (χ2v) is 4.62. The van der Waals surface area contributed by atoms with Gasteiger partial charge in [-0.3, -0.25) is 0 Å². The van der Waals surface area contributed by atoms with E-state index in [-0.39, 0.29) is 0 Å². The van der Waals surface area contributed by atoms with Crippen LogP contribution in [0.1, 0.15) is 6.42 Å². The lowest BCUT2D eigenvalue weighted by Crippen LogP contribution is -2.37. The number of aromatic nitrogens is 1. The Kier molecular flexibility index (Phi) is 2.28. The minimum Gasteiger partial charge on any atom is -0.494 e. The molecule has 84 valence electrons. The molecule has 1 aliphatic heterocycles. The zero-order valence-electron chi connectivity index (χ0n) is 8.86. The zero-order chi connectivity index (χ0) is 11.1. The molecule has 0 radical (unpaired) electrons. The monoisotopic (exact) mass is 282 g/mol. The predicted octanol–water partition coefficient (Wildman–Crippen LogP) is 2.81. The van der Waals surface area contributed by atoms with Crippen LogP contribution in [0.2, 0.25) is 0 Å². The summed E-state index contributed by atoms with van der Waals surface area (Å²) in [6.45, 7) is 2.04. The van der Waals surface area contributed by atoms with Crippen molar-refractivity contribution in [3.05, 3.63) is 16.6 Å². The van der Waals surface area contributed by atoms with Crippen molar-refractivity contribution in [2.75, 3.05) is 25.1 Å². The molecule has 1 saturated heterocycles. The standard InChI is InChI=1S/C11H11BrN2O2/c1-15-8-4-3-7(12)10-9(8)13-11(16-10)14-5-2-6-14/h3-4H,2,5-6H2,1H3. The average Bonchev–Trinajstić information content (AvgIpc) is 2.61. The summed E-state index contributed by atoms with van der Waals surface area (Å²) in [5.74, 6) is 0.744. The molecule has 3 rings (SSSR count). The van der Waals surface area contributed by atoms with Gasteiger partial charge in [0.2, 0.25) is 0 Å². The maximum Gasteiger partial charge on any atom is 0.298 e. The van der Waals surface area contributed by atoms with Crippen molar-refractivity contribution in [3.8, 4) is 5.75 Å². The summed E-state index contributed by atoms with van der Waals surface area (Å²) in [6.07, 6.45) is 1.21. The summed E-state index contributed by atoms with van der Waals surface area (Å²) in [5, 5.41) is 0. The van der Waals surface area contributed by atoms with Crippen LogP contribution in [0.15, 0.2) is 21.0 Å². The van der Waals surface area contributed by atoms with Crippen LogP contribution in [0.25, 0.3) is 11.1 Å². The van der Waals surface area contributed by atoms with E-state index in [0.717, 1.165) is 34.4 Å². The molecule has 0 unspecified atom stereocenters. The fraction of sp³-hybridized carbons (Fsp3) is 0.364. The third kappa shape index (κ3) is 1.38. The van der Waals surface area contributed by atoms with Gasteiger partial charge in [-0.1, -0.05) is 0 Å². The minimum absolute atomic E-state index is 0.687. The Hall–Kier alpha value is -1.23. The lowest BCUT2D eigenvalue weighted by Gasteiger charge is -2.28. The lowest BCUT2D eigenvalue weighted by molar-refractivity contribution is 0.419. The second kappa shape index (κ2) is 3.66. The number of methoxy groups -OCH3 is 1. The number of halogens is 1. The van der Waals surface area contributed by atoms with Gasteiger partial charge in [-0.15, -0.1) is 0 Å². The van der Waals surface area contributed by atoms with E-state index in [1.807, 2.05) is 12.1 Å². The van der Waals surface area contributed by atoms with Gasteiger partial charge in [0.1, 0.15) is 5.75 Å². The Morgan fingerprint density at radius 3 is 2.88 bits per heavy atom. The van der Waals surface area contributed by atoms with E-state index < -0.39 is 0 Å². The second-order valence-electron chi connectivity index (χ2n) is 3.76. The quantitative estimate of drug-likeness (QED) is 0.849. The zero-order valence-corrected chi connectivity index (χ0v) is 10.5. The van der Waals surface area contributed by atoms with Crippen molar-refractivity contribution < 1.29 is 9.15 Å². The molecule has 1 aromatic carbocycles. The van der Waals surface area contributed by atoms with Crippen LogP contribution in [0, 0.1) is 0 Å². The molecule has 1 fully saturated rings. The first-order valence-electron chi connectivity index (χ1n) is 5.17. The fourth-order valence-corrected chi connectivity index (χ4v) is 2.15.